The van der Waals surface area contributed by atoms with E-state index in [0.29, 0.717) is 18.1 Å². The van der Waals surface area contributed by atoms with Crippen molar-refractivity contribution < 1.29 is 4.39 Å². The molecule has 0 spiro atoms. The highest BCUT2D eigenvalue weighted by Crippen LogP contribution is 2.18. The number of nitrogens with one attached hydrogen (secondary N) is 2. The van der Waals surface area contributed by atoms with Crippen molar-refractivity contribution in [3.05, 3.63) is 42.1 Å². The molecule has 0 saturated heterocycles. The molecule has 2 heterocycles. The summed E-state index contributed by atoms with van der Waals surface area (Å²) in [5.41, 5.74) is 0.472. The number of anilines is 2. The van der Waals surface area contributed by atoms with Gasteiger partial charge in [-0.3, -0.25) is 0 Å². The molecule has 20 heavy (non-hydrogen) atoms. The van der Waals surface area contributed by atoms with E-state index in [9.17, 15) is 4.39 Å². The van der Waals surface area contributed by atoms with Crippen molar-refractivity contribution in [3.8, 4) is 0 Å². The zero-order chi connectivity index (χ0) is 14.6. The highest BCUT2D eigenvalue weighted by Gasteiger charge is 2.14. The highest BCUT2D eigenvalue weighted by molar-refractivity contribution is 5.49. The lowest BCUT2D eigenvalue weighted by Gasteiger charge is -2.21. The van der Waals surface area contributed by atoms with E-state index in [-0.39, 0.29) is 11.4 Å². The molecule has 0 amide bonds. The van der Waals surface area contributed by atoms with Crippen LogP contribution >= 0.6 is 0 Å². The van der Waals surface area contributed by atoms with E-state index in [1.54, 1.807) is 30.7 Å². The first-order chi connectivity index (χ1) is 9.46. The lowest BCUT2D eigenvalue weighted by atomic mass is 10.1. The maximum absolute atomic E-state index is 14.3. The zero-order valence-electron chi connectivity index (χ0n) is 11.8. The summed E-state index contributed by atoms with van der Waals surface area (Å²) in [6.07, 6.45) is 4.73. The Bertz CT molecular complexity index is 566. The maximum atomic E-state index is 14.3. The van der Waals surface area contributed by atoms with Crippen LogP contribution in [0.3, 0.4) is 0 Å². The van der Waals surface area contributed by atoms with Crippen molar-refractivity contribution in [3.63, 3.8) is 0 Å². The Labute approximate surface area is 117 Å². The monoisotopic (exact) mass is 275 g/mol. The molecule has 0 aromatic carbocycles. The second-order valence-corrected chi connectivity index (χ2v) is 5.43. The van der Waals surface area contributed by atoms with Gasteiger partial charge in [0.25, 0.3) is 0 Å². The minimum absolute atomic E-state index is 0.0775. The number of aromatic nitrogens is 3. The SMILES string of the molecule is CC(C)(C)NCc1ccnc(Nc2ncccn2)c1F. The Balaban J connectivity index is 2.15. The van der Waals surface area contributed by atoms with E-state index in [1.165, 1.54) is 0 Å². The molecule has 0 aliphatic carbocycles. The molecular formula is C14H18FN5. The van der Waals surface area contributed by atoms with Crippen LogP contribution in [-0.4, -0.2) is 20.5 Å². The van der Waals surface area contributed by atoms with Gasteiger partial charge in [0.05, 0.1) is 0 Å². The third-order valence-electron chi connectivity index (χ3n) is 2.57. The number of pyridine rings is 1. The molecule has 5 nitrogen and oxygen atoms in total. The van der Waals surface area contributed by atoms with Gasteiger partial charge in [0.15, 0.2) is 11.6 Å². The van der Waals surface area contributed by atoms with Crippen molar-refractivity contribution in [2.24, 2.45) is 0 Å². The summed E-state index contributed by atoms with van der Waals surface area (Å²) in [7, 11) is 0. The predicted octanol–water partition coefficient (Wildman–Crippen LogP) is 2.64. The first-order valence-corrected chi connectivity index (χ1v) is 6.38. The van der Waals surface area contributed by atoms with Crippen LogP contribution in [0, 0.1) is 5.82 Å². The minimum Gasteiger partial charge on any atom is -0.308 e. The summed E-state index contributed by atoms with van der Waals surface area (Å²) in [6, 6.07) is 3.35. The lowest BCUT2D eigenvalue weighted by molar-refractivity contribution is 0.418. The van der Waals surface area contributed by atoms with Crippen molar-refractivity contribution in [2.75, 3.05) is 5.32 Å². The van der Waals surface area contributed by atoms with Gasteiger partial charge in [-0.25, -0.2) is 19.3 Å². The summed E-state index contributed by atoms with van der Waals surface area (Å²) >= 11 is 0. The third-order valence-corrected chi connectivity index (χ3v) is 2.57. The molecule has 0 radical (unpaired) electrons. The maximum Gasteiger partial charge on any atom is 0.228 e. The molecule has 0 bridgehead atoms. The first kappa shape index (κ1) is 14.3. The van der Waals surface area contributed by atoms with Gasteiger partial charge in [-0.05, 0) is 32.9 Å². The molecule has 2 aromatic rings. The molecule has 2 rings (SSSR count). The Morgan fingerprint density at radius 2 is 1.80 bits per heavy atom. The smallest absolute Gasteiger partial charge is 0.228 e. The second kappa shape index (κ2) is 5.92. The Morgan fingerprint density at radius 1 is 1.10 bits per heavy atom. The standard InChI is InChI=1S/C14H18FN5/c1-14(2,3)19-9-10-5-8-16-12(11(10)15)20-13-17-6-4-7-18-13/h4-8,19H,9H2,1-3H3,(H,16,17,18,20). The third kappa shape index (κ3) is 3.96. The molecular weight excluding hydrogens is 257 g/mol. The molecule has 0 unspecified atom stereocenters. The number of halogens is 1. The van der Waals surface area contributed by atoms with Crippen LogP contribution in [0.2, 0.25) is 0 Å². The molecule has 2 N–H and O–H groups in total. The molecule has 106 valence electrons. The van der Waals surface area contributed by atoms with Crippen molar-refractivity contribution in [1.82, 2.24) is 20.3 Å². The Morgan fingerprint density at radius 3 is 2.45 bits per heavy atom. The van der Waals surface area contributed by atoms with Crippen LogP contribution in [0.5, 0.6) is 0 Å². The van der Waals surface area contributed by atoms with Gasteiger partial charge in [-0.1, -0.05) is 0 Å². The molecule has 0 aliphatic heterocycles. The Hall–Kier alpha value is -2.08. The average Bonchev–Trinajstić information content (AvgIpc) is 2.40. The van der Waals surface area contributed by atoms with Crippen LogP contribution in [0.4, 0.5) is 16.2 Å². The van der Waals surface area contributed by atoms with Gasteiger partial charge in [-0.15, -0.1) is 0 Å². The largest absolute Gasteiger partial charge is 0.308 e. The van der Waals surface area contributed by atoms with E-state index in [0.717, 1.165) is 0 Å². The summed E-state index contributed by atoms with van der Waals surface area (Å²) in [4.78, 5) is 12.0. The van der Waals surface area contributed by atoms with Crippen LogP contribution in [0.15, 0.2) is 30.7 Å². The van der Waals surface area contributed by atoms with Crippen LogP contribution in [-0.2, 0) is 6.54 Å². The number of hydrogen-bond acceptors (Lipinski definition) is 5. The summed E-state index contributed by atoms with van der Waals surface area (Å²) in [5.74, 6) is 0.0564. The van der Waals surface area contributed by atoms with Gasteiger partial charge in [0.2, 0.25) is 5.95 Å². The van der Waals surface area contributed by atoms with Gasteiger partial charge in [0, 0.05) is 36.2 Å². The highest BCUT2D eigenvalue weighted by atomic mass is 19.1. The van der Waals surface area contributed by atoms with E-state index in [1.807, 2.05) is 20.8 Å². The van der Waals surface area contributed by atoms with Crippen LogP contribution < -0.4 is 10.6 Å². The molecule has 0 atom stereocenters. The average molecular weight is 275 g/mol. The van der Waals surface area contributed by atoms with Crippen molar-refractivity contribution in [2.45, 2.75) is 32.9 Å². The second-order valence-electron chi connectivity index (χ2n) is 5.43. The van der Waals surface area contributed by atoms with Gasteiger partial charge in [0.1, 0.15) is 0 Å². The number of hydrogen-bond donors (Lipinski definition) is 2. The minimum atomic E-state index is -0.392. The van der Waals surface area contributed by atoms with E-state index < -0.39 is 5.82 Å². The fourth-order valence-corrected chi connectivity index (χ4v) is 1.54. The molecule has 0 saturated carbocycles. The molecule has 6 heteroatoms. The van der Waals surface area contributed by atoms with E-state index in [4.69, 9.17) is 0 Å². The summed E-state index contributed by atoms with van der Waals surface area (Å²) < 4.78 is 14.3. The fourth-order valence-electron chi connectivity index (χ4n) is 1.54. The normalized spacial score (nSPS) is 11.4. The summed E-state index contributed by atoms with van der Waals surface area (Å²) in [5, 5.41) is 6.02. The van der Waals surface area contributed by atoms with E-state index >= 15 is 0 Å². The summed E-state index contributed by atoms with van der Waals surface area (Å²) in [6.45, 7) is 6.53. The van der Waals surface area contributed by atoms with Crippen molar-refractivity contribution >= 4 is 11.8 Å². The van der Waals surface area contributed by atoms with Crippen LogP contribution in [0.25, 0.3) is 0 Å². The van der Waals surface area contributed by atoms with Crippen molar-refractivity contribution in [1.29, 1.82) is 0 Å². The predicted molar refractivity (Wildman–Crippen MR) is 76.1 cm³/mol. The van der Waals surface area contributed by atoms with Crippen LogP contribution in [0.1, 0.15) is 26.3 Å². The zero-order valence-corrected chi connectivity index (χ0v) is 11.8. The lowest BCUT2D eigenvalue weighted by Crippen LogP contribution is -2.35. The molecule has 0 aliphatic rings. The fraction of sp³-hybridized carbons (Fsp3) is 0.357. The molecule has 0 fully saturated rings. The van der Waals surface area contributed by atoms with Gasteiger partial charge in [-0.2, -0.15) is 0 Å². The molecule has 2 aromatic heterocycles. The van der Waals surface area contributed by atoms with Gasteiger partial charge >= 0.3 is 0 Å². The topological polar surface area (TPSA) is 62.7 Å². The quantitative estimate of drug-likeness (QED) is 0.898. The van der Waals surface area contributed by atoms with E-state index in [2.05, 4.69) is 25.6 Å². The Kier molecular flexibility index (Phi) is 4.24. The first-order valence-electron chi connectivity index (χ1n) is 6.38. The number of nitrogens with zero attached hydrogens (tertiary/aromatic N) is 3. The van der Waals surface area contributed by atoms with Gasteiger partial charge < -0.3 is 10.6 Å². The number of rotatable bonds is 4.